The molecule has 0 radical (unpaired) electrons. The van der Waals surface area contributed by atoms with E-state index in [1.165, 1.54) is 32.4 Å². The lowest BCUT2D eigenvalue weighted by molar-refractivity contribution is 0.125. The van der Waals surface area contributed by atoms with E-state index in [1.807, 2.05) is 11.0 Å². The molecule has 0 aromatic carbocycles. The lowest BCUT2D eigenvalue weighted by Gasteiger charge is -2.37. The van der Waals surface area contributed by atoms with E-state index in [0.717, 1.165) is 25.2 Å². The van der Waals surface area contributed by atoms with Gasteiger partial charge in [-0.15, -0.1) is 0 Å². The van der Waals surface area contributed by atoms with Gasteiger partial charge in [-0.2, -0.15) is 5.10 Å². The molecule has 1 atom stereocenters. The molecule has 2 fully saturated rings. The van der Waals surface area contributed by atoms with Crippen molar-refractivity contribution in [3.8, 4) is 0 Å². The van der Waals surface area contributed by atoms with Gasteiger partial charge in [0.2, 0.25) is 0 Å². The van der Waals surface area contributed by atoms with Gasteiger partial charge in [-0.3, -0.25) is 10.00 Å². The predicted molar refractivity (Wildman–Crippen MR) is 76.2 cm³/mol. The van der Waals surface area contributed by atoms with Crippen LogP contribution in [0.25, 0.3) is 0 Å². The van der Waals surface area contributed by atoms with Crippen LogP contribution in [0.15, 0.2) is 12.3 Å². The summed E-state index contributed by atoms with van der Waals surface area (Å²) in [7, 11) is 0. The maximum atomic E-state index is 12.2. The Morgan fingerprint density at radius 2 is 2.20 bits per heavy atom. The monoisotopic (exact) mass is 277 g/mol. The van der Waals surface area contributed by atoms with E-state index >= 15 is 0 Å². The van der Waals surface area contributed by atoms with Crippen LogP contribution < -0.4 is 5.32 Å². The van der Waals surface area contributed by atoms with Gasteiger partial charge in [-0.25, -0.2) is 4.79 Å². The van der Waals surface area contributed by atoms with Crippen molar-refractivity contribution >= 4 is 6.03 Å². The average Bonchev–Trinajstić information content (AvgIpc) is 3.18. The normalized spacial score (nSPS) is 24.0. The molecule has 2 N–H and O–H groups in total. The molecule has 2 saturated heterocycles. The molecular formula is C14H23N5O. The number of rotatable bonds is 3. The lowest BCUT2D eigenvalue weighted by atomic mass is 10.0. The van der Waals surface area contributed by atoms with Crippen LogP contribution in [0.5, 0.6) is 0 Å². The summed E-state index contributed by atoms with van der Waals surface area (Å²) in [5, 5.41) is 9.70. The molecule has 1 aromatic heterocycles. The number of hydrogen-bond acceptors (Lipinski definition) is 3. The number of hydrogen-bond donors (Lipinski definition) is 2. The van der Waals surface area contributed by atoms with E-state index in [1.54, 1.807) is 6.20 Å². The molecule has 0 unspecified atom stereocenters. The quantitative estimate of drug-likeness (QED) is 0.872. The summed E-state index contributed by atoms with van der Waals surface area (Å²) in [4.78, 5) is 16.7. The highest BCUT2D eigenvalue weighted by atomic mass is 16.2. The van der Waals surface area contributed by atoms with E-state index in [-0.39, 0.29) is 6.03 Å². The summed E-state index contributed by atoms with van der Waals surface area (Å²) in [6, 6.07) is 2.48. The number of carbonyl (C=O) groups is 1. The topological polar surface area (TPSA) is 64.3 Å². The Morgan fingerprint density at radius 3 is 2.95 bits per heavy atom. The predicted octanol–water partition coefficient (Wildman–Crippen LogP) is 1.18. The number of carbonyl (C=O) groups excluding carboxylic acids is 1. The highest BCUT2D eigenvalue weighted by Crippen LogP contribution is 2.20. The van der Waals surface area contributed by atoms with Crippen LogP contribution in [0.4, 0.5) is 4.79 Å². The van der Waals surface area contributed by atoms with E-state index in [0.29, 0.717) is 12.6 Å². The number of likely N-dealkylation sites (tertiary alicyclic amines) is 2. The van der Waals surface area contributed by atoms with Crippen molar-refractivity contribution in [3.63, 3.8) is 0 Å². The van der Waals surface area contributed by atoms with Gasteiger partial charge >= 0.3 is 6.03 Å². The van der Waals surface area contributed by atoms with Crippen molar-refractivity contribution < 1.29 is 4.79 Å². The van der Waals surface area contributed by atoms with E-state index in [2.05, 4.69) is 20.4 Å². The molecule has 2 aliphatic heterocycles. The first-order valence-corrected chi connectivity index (χ1v) is 7.58. The van der Waals surface area contributed by atoms with E-state index in [4.69, 9.17) is 0 Å². The minimum absolute atomic E-state index is 0.0449. The number of H-pyrrole nitrogens is 1. The first-order valence-electron chi connectivity index (χ1n) is 7.58. The summed E-state index contributed by atoms with van der Waals surface area (Å²) in [5.74, 6) is 0. The minimum atomic E-state index is 0.0449. The number of aromatic nitrogens is 2. The Balaban J connectivity index is 1.49. The SMILES string of the molecule is O=C(NCc1ccn[nH]1)N1CCC[C@@H](N2CCCC2)C1. The number of amides is 2. The molecule has 2 aliphatic rings. The Bertz CT molecular complexity index is 427. The van der Waals surface area contributed by atoms with Crippen LogP contribution in [0.3, 0.4) is 0 Å². The summed E-state index contributed by atoms with van der Waals surface area (Å²) < 4.78 is 0. The second kappa shape index (κ2) is 6.26. The van der Waals surface area contributed by atoms with Gasteiger partial charge < -0.3 is 10.2 Å². The zero-order chi connectivity index (χ0) is 13.8. The molecule has 20 heavy (non-hydrogen) atoms. The Morgan fingerprint density at radius 1 is 1.35 bits per heavy atom. The zero-order valence-corrected chi connectivity index (χ0v) is 11.8. The first-order chi connectivity index (χ1) is 9.83. The molecular weight excluding hydrogens is 254 g/mol. The lowest BCUT2D eigenvalue weighted by Crippen LogP contribution is -2.51. The van der Waals surface area contributed by atoms with Crippen molar-refractivity contribution in [2.24, 2.45) is 0 Å². The molecule has 2 amide bonds. The van der Waals surface area contributed by atoms with Crippen molar-refractivity contribution in [1.29, 1.82) is 0 Å². The van der Waals surface area contributed by atoms with Crippen LogP contribution in [0.1, 0.15) is 31.4 Å². The van der Waals surface area contributed by atoms with Gasteiger partial charge in [0, 0.05) is 25.3 Å². The van der Waals surface area contributed by atoms with E-state index in [9.17, 15) is 4.79 Å². The number of nitrogens with one attached hydrogen (secondary N) is 2. The van der Waals surface area contributed by atoms with Crippen LogP contribution >= 0.6 is 0 Å². The fourth-order valence-electron chi connectivity index (χ4n) is 3.21. The summed E-state index contributed by atoms with van der Waals surface area (Å²) >= 11 is 0. The number of piperidine rings is 1. The fourth-order valence-corrected chi connectivity index (χ4v) is 3.21. The third kappa shape index (κ3) is 3.12. The van der Waals surface area contributed by atoms with Crippen LogP contribution in [-0.4, -0.2) is 58.2 Å². The summed E-state index contributed by atoms with van der Waals surface area (Å²) in [5.41, 5.74) is 0.937. The van der Waals surface area contributed by atoms with Gasteiger partial charge in [0.15, 0.2) is 0 Å². The highest BCUT2D eigenvalue weighted by Gasteiger charge is 2.29. The second-order valence-electron chi connectivity index (χ2n) is 5.73. The molecule has 6 nitrogen and oxygen atoms in total. The second-order valence-corrected chi connectivity index (χ2v) is 5.73. The molecule has 1 aromatic rings. The van der Waals surface area contributed by atoms with Gasteiger partial charge in [0.1, 0.15) is 0 Å². The highest BCUT2D eigenvalue weighted by molar-refractivity contribution is 5.74. The van der Waals surface area contributed by atoms with Crippen LogP contribution in [0.2, 0.25) is 0 Å². The average molecular weight is 277 g/mol. The van der Waals surface area contributed by atoms with Crippen molar-refractivity contribution in [2.45, 2.75) is 38.3 Å². The van der Waals surface area contributed by atoms with Gasteiger partial charge in [-0.05, 0) is 44.8 Å². The van der Waals surface area contributed by atoms with Crippen molar-refractivity contribution in [3.05, 3.63) is 18.0 Å². The standard InChI is InChI=1S/C14H23N5O/c20-14(15-10-12-5-6-16-17-12)19-9-3-4-13(11-19)18-7-1-2-8-18/h5-6,13H,1-4,7-11H2,(H,15,20)(H,16,17)/t13-/m1/s1. The fraction of sp³-hybridized carbons (Fsp3) is 0.714. The summed E-state index contributed by atoms with van der Waals surface area (Å²) in [6.07, 6.45) is 6.65. The van der Waals surface area contributed by atoms with Gasteiger partial charge in [0.05, 0.1) is 12.2 Å². The Kier molecular flexibility index (Phi) is 4.20. The smallest absolute Gasteiger partial charge is 0.317 e. The molecule has 0 aliphatic carbocycles. The molecule has 0 spiro atoms. The summed E-state index contributed by atoms with van der Waals surface area (Å²) in [6.45, 7) is 4.67. The van der Waals surface area contributed by atoms with E-state index < -0.39 is 0 Å². The Labute approximate surface area is 119 Å². The molecule has 6 heteroatoms. The molecule has 110 valence electrons. The maximum Gasteiger partial charge on any atom is 0.317 e. The Hall–Kier alpha value is -1.56. The first kappa shape index (κ1) is 13.4. The molecule has 0 saturated carbocycles. The van der Waals surface area contributed by atoms with Crippen molar-refractivity contribution in [2.75, 3.05) is 26.2 Å². The number of aromatic amines is 1. The molecule has 3 rings (SSSR count). The number of urea groups is 1. The molecule has 0 bridgehead atoms. The third-order valence-corrected chi connectivity index (χ3v) is 4.33. The van der Waals surface area contributed by atoms with Gasteiger partial charge in [-0.1, -0.05) is 0 Å². The van der Waals surface area contributed by atoms with Crippen LogP contribution in [-0.2, 0) is 6.54 Å². The minimum Gasteiger partial charge on any atom is -0.332 e. The molecule has 3 heterocycles. The third-order valence-electron chi connectivity index (χ3n) is 4.33. The van der Waals surface area contributed by atoms with Crippen molar-refractivity contribution in [1.82, 2.24) is 25.3 Å². The maximum absolute atomic E-state index is 12.2. The van der Waals surface area contributed by atoms with Crippen LogP contribution in [0, 0.1) is 0 Å². The van der Waals surface area contributed by atoms with Gasteiger partial charge in [0.25, 0.3) is 0 Å². The largest absolute Gasteiger partial charge is 0.332 e. The number of nitrogens with zero attached hydrogens (tertiary/aromatic N) is 3. The zero-order valence-electron chi connectivity index (χ0n) is 11.8.